The fraction of sp³-hybridized carbons (Fsp3) is 0.318. The van der Waals surface area contributed by atoms with Crippen LogP contribution in [0.25, 0.3) is 0 Å². The molecule has 0 aliphatic rings. The van der Waals surface area contributed by atoms with Crippen LogP contribution >= 0.6 is 11.8 Å². The number of aryl methyl sites for hydroxylation is 1. The van der Waals surface area contributed by atoms with Crippen molar-refractivity contribution in [1.29, 1.82) is 5.26 Å². The van der Waals surface area contributed by atoms with E-state index in [4.69, 9.17) is 4.74 Å². The van der Waals surface area contributed by atoms with Crippen molar-refractivity contribution in [2.45, 2.75) is 43.0 Å². The van der Waals surface area contributed by atoms with Crippen LogP contribution in [0.5, 0.6) is 0 Å². The number of rotatable bonds is 8. The molecule has 31 heavy (non-hydrogen) atoms. The first kappa shape index (κ1) is 23.9. The quantitative estimate of drug-likeness (QED) is 0.369. The Hall–Kier alpha value is -3.38. The third-order valence-corrected chi connectivity index (χ3v) is 5.83. The van der Waals surface area contributed by atoms with Crippen molar-refractivity contribution in [3.8, 4) is 6.07 Å². The molecule has 0 aromatic heterocycles. The number of esters is 1. The van der Waals surface area contributed by atoms with Crippen LogP contribution in [0.15, 0.2) is 52.3 Å². The number of hydrogen-bond acceptors (Lipinski definition) is 7. The Kier molecular flexibility index (Phi) is 7.78. The Morgan fingerprint density at radius 2 is 1.90 bits per heavy atom. The van der Waals surface area contributed by atoms with Crippen molar-refractivity contribution >= 4 is 29.3 Å². The summed E-state index contributed by atoms with van der Waals surface area (Å²) in [5.41, 5.74) is -0.303. The molecule has 2 aromatic rings. The van der Waals surface area contributed by atoms with Crippen molar-refractivity contribution in [1.82, 2.24) is 5.32 Å². The van der Waals surface area contributed by atoms with Crippen LogP contribution in [0, 0.1) is 34.3 Å². The Bertz CT molecular complexity index is 1030. The van der Waals surface area contributed by atoms with Gasteiger partial charge in [-0.3, -0.25) is 14.9 Å². The summed E-state index contributed by atoms with van der Waals surface area (Å²) in [7, 11) is 0. The molecule has 2 aromatic carbocycles. The minimum Gasteiger partial charge on any atom is -0.452 e. The highest BCUT2D eigenvalue weighted by molar-refractivity contribution is 7.99. The number of carbonyl (C=O) groups excluding carboxylic acids is 2. The molecule has 0 aliphatic carbocycles. The van der Waals surface area contributed by atoms with Gasteiger partial charge in [-0.05, 0) is 44.0 Å². The predicted molar refractivity (Wildman–Crippen MR) is 116 cm³/mol. The number of hydrogen-bond donors (Lipinski definition) is 1. The standard InChI is InChI=1S/C22H23N3O5S/c1-14(2)22(4,13-23)24-20(26)12-30-21(27)16-7-10-19(18(11-16)25(28)29)31-17-8-5-15(3)6-9-17/h5-11,14H,12H2,1-4H3,(H,24,26). The van der Waals surface area contributed by atoms with E-state index in [0.29, 0.717) is 4.90 Å². The number of nitro benzene ring substituents is 1. The first-order valence-electron chi connectivity index (χ1n) is 9.48. The molecular formula is C22H23N3O5S. The van der Waals surface area contributed by atoms with Gasteiger partial charge in [0, 0.05) is 11.0 Å². The van der Waals surface area contributed by atoms with Gasteiger partial charge in [0.15, 0.2) is 6.61 Å². The summed E-state index contributed by atoms with van der Waals surface area (Å²) in [4.78, 5) is 36.5. The second-order valence-corrected chi connectivity index (χ2v) is 8.56. The average Bonchev–Trinajstić information content (AvgIpc) is 2.73. The van der Waals surface area contributed by atoms with E-state index < -0.39 is 28.9 Å². The molecule has 9 heteroatoms. The molecule has 0 bridgehead atoms. The molecule has 0 aliphatic heterocycles. The minimum absolute atomic E-state index is 0.0420. The molecule has 0 heterocycles. The molecule has 1 atom stereocenters. The SMILES string of the molecule is Cc1ccc(Sc2ccc(C(=O)OCC(=O)NC(C)(C#N)C(C)C)cc2[N+](=O)[O-])cc1. The van der Waals surface area contributed by atoms with E-state index in [-0.39, 0.29) is 17.2 Å². The number of nitriles is 1. The van der Waals surface area contributed by atoms with Gasteiger partial charge in [0.05, 0.1) is 21.5 Å². The Morgan fingerprint density at radius 3 is 2.45 bits per heavy atom. The predicted octanol–water partition coefficient (Wildman–Crippen LogP) is 4.27. The van der Waals surface area contributed by atoms with Gasteiger partial charge in [0.2, 0.25) is 0 Å². The summed E-state index contributed by atoms with van der Waals surface area (Å²) in [5.74, 6) is -1.65. The molecule has 1 amide bonds. The molecule has 0 fully saturated rings. The molecule has 0 radical (unpaired) electrons. The summed E-state index contributed by atoms with van der Waals surface area (Å²) in [5, 5.41) is 23.3. The highest BCUT2D eigenvalue weighted by Gasteiger charge is 2.30. The number of carbonyl (C=O) groups is 2. The lowest BCUT2D eigenvalue weighted by Gasteiger charge is -2.27. The second kappa shape index (κ2) is 10.1. The number of ether oxygens (including phenoxy) is 1. The fourth-order valence-corrected chi connectivity index (χ4v) is 3.35. The molecule has 0 saturated heterocycles. The van der Waals surface area contributed by atoms with Crippen LogP contribution in [-0.2, 0) is 9.53 Å². The molecule has 1 unspecified atom stereocenters. The van der Waals surface area contributed by atoms with Gasteiger partial charge in [0.25, 0.3) is 11.6 Å². The Balaban J connectivity index is 2.10. The van der Waals surface area contributed by atoms with Crippen LogP contribution in [-0.4, -0.2) is 28.9 Å². The maximum atomic E-state index is 12.3. The molecule has 1 N–H and O–H groups in total. The molecule has 8 nitrogen and oxygen atoms in total. The van der Waals surface area contributed by atoms with Gasteiger partial charge in [-0.15, -0.1) is 0 Å². The largest absolute Gasteiger partial charge is 0.452 e. The molecule has 2 rings (SSSR count). The zero-order valence-electron chi connectivity index (χ0n) is 17.7. The maximum absolute atomic E-state index is 12.3. The number of nitrogens with one attached hydrogen (secondary N) is 1. The number of amides is 1. The summed E-state index contributed by atoms with van der Waals surface area (Å²) in [6.07, 6.45) is 0. The summed E-state index contributed by atoms with van der Waals surface area (Å²) < 4.78 is 4.98. The number of nitrogens with zero attached hydrogens (tertiary/aromatic N) is 2. The number of benzene rings is 2. The summed E-state index contributed by atoms with van der Waals surface area (Å²) in [6, 6.07) is 13.6. The van der Waals surface area contributed by atoms with Crippen molar-refractivity contribution in [3.63, 3.8) is 0 Å². The summed E-state index contributed by atoms with van der Waals surface area (Å²) >= 11 is 1.21. The van der Waals surface area contributed by atoms with Gasteiger partial charge >= 0.3 is 5.97 Å². The number of nitro groups is 1. The second-order valence-electron chi connectivity index (χ2n) is 7.45. The summed E-state index contributed by atoms with van der Waals surface area (Å²) in [6.45, 7) is 6.48. The van der Waals surface area contributed by atoms with E-state index >= 15 is 0 Å². The van der Waals surface area contributed by atoms with Crippen LogP contribution in [0.4, 0.5) is 5.69 Å². The van der Waals surface area contributed by atoms with Gasteiger partial charge in [-0.1, -0.05) is 43.3 Å². The van der Waals surface area contributed by atoms with Gasteiger partial charge in [-0.2, -0.15) is 5.26 Å². The van der Waals surface area contributed by atoms with E-state index in [9.17, 15) is 25.0 Å². The van der Waals surface area contributed by atoms with E-state index in [1.807, 2.05) is 37.3 Å². The van der Waals surface area contributed by atoms with Crippen LogP contribution in [0.1, 0.15) is 36.7 Å². The van der Waals surface area contributed by atoms with Gasteiger partial charge < -0.3 is 10.1 Å². The van der Waals surface area contributed by atoms with E-state index in [1.165, 1.54) is 23.9 Å². The third kappa shape index (κ3) is 6.30. The van der Waals surface area contributed by atoms with E-state index in [0.717, 1.165) is 16.5 Å². The lowest BCUT2D eigenvalue weighted by molar-refractivity contribution is -0.387. The third-order valence-electron chi connectivity index (χ3n) is 4.76. The highest BCUT2D eigenvalue weighted by atomic mass is 32.2. The van der Waals surface area contributed by atoms with Gasteiger partial charge in [0.1, 0.15) is 5.54 Å². The smallest absolute Gasteiger partial charge is 0.338 e. The highest BCUT2D eigenvalue weighted by Crippen LogP contribution is 2.35. The van der Waals surface area contributed by atoms with Crippen molar-refractivity contribution in [2.24, 2.45) is 5.92 Å². The Morgan fingerprint density at radius 1 is 1.26 bits per heavy atom. The maximum Gasteiger partial charge on any atom is 0.338 e. The molecular weight excluding hydrogens is 418 g/mol. The lowest BCUT2D eigenvalue weighted by Crippen LogP contribution is -2.50. The van der Waals surface area contributed by atoms with Gasteiger partial charge in [-0.25, -0.2) is 4.79 Å². The van der Waals surface area contributed by atoms with E-state index in [2.05, 4.69) is 5.32 Å². The minimum atomic E-state index is -1.10. The first-order chi connectivity index (χ1) is 14.6. The zero-order chi connectivity index (χ0) is 23.2. The monoisotopic (exact) mass is 441 g/mol. The van der Waals surface area contributed by atoms with Crippen molar-refractivity contribution in [3.05, 3.63) is 63.7 Å². The lowest BCUT2D eigenvalue weighted by atomic mass is 9.90. The average molecular weight is 442 g/mol. The van der Waals surface area contributed by atoms with Crippen LogP contribution in [0.2, 0.25) is 0 Å². The van der Waals surface area contributed by atoms with Crippen molar-refractivity contribution < 1.29 is 19.2 Å². The topological polar surface area (TPSA) is 122 Å². The molecule has 162 valence electrons. The van der Waals surface area contributed by atoms with Crippen LogP contribution in [0.3, 0.4) is 0 Å². The molecule has 0 saturated carbocycles. The normalized spacial score (nSPS) is 12.5. The van der Waals surface area contributed by atoms with Crippen LogP contribution < -0.4 is 5.32 Å². The fourth-order valence-electron chi connectivity index (χ4n) is 2.45. The first-order valence-corrected chi connectivity index (χ1v) is 10.3. The van der Waals surface area contributed by atoms with E-state index in [1.54, 1.807) is 20.8 Å². The Labute approximate surface area is 184 Å². The zero-order valence-corrected chi connectivity index (χ0v) is 18.5. The molecule has 0 spiro atoms. The van der Waals surface area contributed by atoms with Crippen molar-refractivity contribution in [2.75, 3.05) is 6.61 Å².